The molecule has 0 N–H and O–H groups in total. The monoisotopic (exact) mass is 329 g/mol. The highest BCUT2D eigenvalue weighted by atomic mass is 32.2. The van der Waals surface area contributed by atoms with Gasteiger partial charge in [-0.2, -0.15) is 0 Å². The van der Waals surface area contributed by atoms with Gasteiger partial charge in [0.25, 0.3) is 0 Å². The number of thioether (sulfide) groups is 1. The number of hydrogen-bond donors (Lipinski definition) is 0. The van der Waals surface area contributed by atoms with E-state index in [-0.39, 0.29) is 12.7 Å². The van der Waals surface area contributed by atoms with Crippen LogP contribution in [0.2, 0.25) is 0 Å². The number of ether oxygens (including phenoxy) is 2. The van der Waals surface area contributed by atoms with Crippen LogP contribution in [0.5, 0.6) is 11.5 Å². The molecule has 1 aliphatic rings. The van der Waals surface area contributed by atoms with Gasteiger partial charge in [-0.05, 0) is 36.2 Å². The lowest BCUT2D eigenvalue weighted by molar-refractivity contribution is -0.127. The third-order valence-corrected chi connectivity index (χ3v) is 4.89. The predicted octanol–water partition coefficient (Wildman–Crippen LogP) is 3.47. The van der Waals surface area contributed by atoms with E-state index in [0.29, 0.717) is 12.3 Å². The lowest BCUT2D eigenvalue weighted by Gasteiger charge is -2.17. The first kappa shape index (κ1) is 15.7. The van der Waals surface area contributed by atoms with Gasteiger partial charge in [0.05, 0.1) is 5.75 Å². The minimum atomic E-state index is 0.107. The molecule has 0 bridgehead atoms. The van der Waals surface area contributed by atoms with Crippen LogP contribution in [-0.4, -0.2) is 30.4 Å². The molecular weight excluding hydrogens is 310 g/mol. The number of carbonyl (C=O) groups is 1. The summed E-state index contributed by atoms with van der Waals surface area (Å²) in [6.45, 7) is 2.88. The van der Waals surface area contributed by atoms with Crippen molar-refractivity contribution in [3.63, 3.8) is 0 Å². The molecule has 0 spiro atoms. The molecule has 23 heavy (non-hydrogen) atoms. The number of carbonyl (C=O) groups excluding carboxylic acids is 1. The average molecular weight is 329 g/mol. The summed E-state index contributed by atoms with van der Waals surface area (Å²) in [7, 11) is 1.82. The number of nitrogens with zero attached hydrogens (tertiary/aromatic N) is 1. The Kier molecular flexibility index (Phi) is 4.76. The molecule has 0 aromatic heterocycles. The number of amides is 1. The van der Waals surface area contributed by atoms with Crippen LogP contribution >= 0.6 is 11.8 Å². The Morgan fingerprint density at radius 1 is 1.17 bits per heavy atom. The molecule has 0 fully saturated rings. The fourth-order valence-electron chi connectivity index (χ4n) is 2.37. The Morgan fingerprint density at radius 3 is 2.78 bits per heavy atom. The molecule has 1 aliphatic heterocycles. The van der Waals surface area contributed by atoms with Gasteiger partial charge in [0.1, 0.15) is 0 Å². The highest BCUT2D eigenvalue weighted by molar-refractivity contribution is 8.00. The lowest BCUT2D eigenvalue weighted by Crippen LogP contribution is -2.27. The first-order chi connectivity index (χ1) is 11.1. The second-order valence-corrected chi connectivity index (χ2v) is 6.51. The Bertz CT molecular complexity index is 717. The third kappa shape index (κ3) is 3.79. The van der Waals surface area contributed by atoms with Crippen LogP contribution in [0.4, 0.5) is 0 Å². The SMILES string of the molecule is Cc1ccccc1SCC(=O)N(C)Cc1ccc2c(c1)OCO2. The van der Waals surface area contributed by atoms with Crippen LogP contribution in [0.15, 0.2) is 47.4 Å². The van der Waals surface area contributed by atoms with Gasteiger partial charge in [-0.1, -0.05) is 24.3 Å². The van der Waals surface area contributed by atoms with E-state index in [9.17, 15) is 4.79 Å². The second-order valence-electron chi connectivity index (χ2n) is 5.49. The van der Waals surface area contributed by atoms with E-state index < -0.39 is 0 Å². The molecule has 3 rings (SSSR count). The number of rotatable bonds is 5. The molecule has 0 unspecified atom stereocenters. The van der Waals surface area contributed by atoms with E-state index in [1.54, 1.807) is 16.7 Å². The largest absolute Gasteiger partial charge is 0.454 e. The number of aryl methyl sites for hydroxylation is 1. The Balaban J connectivity index is 1.56. The summed E-state index contributed by atoms with van der Waals surface area (Å²) < 4.78 is 10.7. The van der Waals surface area contributed by atoms with Crippen molar-refractivity contribution < 1.29 is 14.3 Å². The van der Waals surface area contributed by atoms with Gasteiger partial charge in [0.2, 0.25) is 12.7 Å². The lowest BCUT2D eigenvalue weighted by atomic mass is 10.2. The molecule has 4 nitrogen and oxygen atoms in total. The molecule has 1 heterocycles. The molecule has 2 aromatic rings. The molecule has 2 aromatic carbocycles. The van der Waals surface area contributed by atoms with Crippen LogP contribution in [0.25, 0.3) is 0 Å². The second kappa shape index (κ2) is 6.96. The first-order valence-corrected chi connectivity index (χ1v) is 8.43. The summed E-state index contributed by atoms with van der Waals surface area (Å²) >= 11 is 1.58. The highest BCUT2D eigenvalue weighted by Gasteiger charge is 2.15. The molecule has 120 valence electrons. The topological polar surface area (TPSA) is 38.8 Å². The summed E-state index contributed by atoms with van der Waals surface area (Å²) in [6.07, 6.45) is 0. The van der Waals surface area contributed by atoms with Gasteiger partial charge in [-0.3, -0.25) is 4.79 Å². The predicted molar refractivity (Wildman–Crippen MR) is 90.9 cm³/mol. The van der Waals surface area contributed by atoms with Crippen molar-refractivity contribution in [3.8, 4) is 11.5 Å². The van der Waals surface area contributed by atoms with E-state index in [1.165, 1.54) is 5.56 Å². The molecule has 5 heteroatoms. The maximum atomic E-state index is 12.3. The van der Waals surface area contributed by atoms with Crippen LogP contribution in [0.3, 0.4) is 0 Å². The maximum Gasteiger partial charge on any atom is 0.232 e. The zero-order valence-corrected chi connectivity index (χ0v) is 14.1. The van der Waals surface area contributed by atoms with Gasteiger partial charge >= 0.3 is 0 Å². The van der Waals surface area contributed by atoms with Gasteiger partial charge in [0.15, 0.2) is 11.5 Å². The van der Waals surface area contributed by atoms with E-state index in [2.05, 4.69) is 13.0 Å². The number of fused-ring (bicyclic) bond motifs is 1. The molecule has 0 saturated heterocycles. The standard InChI is InChI=1S/C18H19NO3S/c1-13-5-3-4-6-17(13)23-11-18(20)19(2)10-14-7-8-15-16(9-14)22-12-21-15/h3-9H,10-12H2,1-2H3. The van der Waals surface area contributed by atoms with Crippen molar-refractivity contribution >= 4 is 17.7 Å². The minimum absolute atomic E-state index is 0.107. The molecule has 0 radical (unpaired) electrons. The van der Waals surface area contributed by atoms with Gasteiger partial charge in [0, 0.05) is 18.5 Å². The fraction of sp³-hybridized carbons (Fsp3) is 0.278. The summed E-state index contributed by atoms with van der Waals surface area (Å²) in [5.41, 5.74) is 2.23. The minimum Gasteiger partial charge on any atom is -0.454 e. The zero-order chi connectivity index (χ0) is 16.2. The molecular formula is C18H19NO3S. The Hall–Kier alpha value is -2.14. The van der Waals surface area contributed by atoms with Crippen molar-refractivity contribution in [2.45, 2.75) is 18.4 Å². The zero-order valence-electron chi connectivity index (χ0n) is 13.2. The summed E-state index contributed by atoms with van der Waals surface area (Å²) in [5.74, 6) is 2.05. The Labute approximate surface area is 140 Å². The quantitative estimate of drug-likeness (QED) is 0.787. The van der Waals surface area contributed by atoms with Gasteiger partial charge < -0.3 is 14.4 Å². The fourth-order valence-corrected chi connectivity index (χ4v) is 3.34. The van der Waals surface area contributed by atoms with E-state index in [0.717, 1.165) is 22.0 Å². The number of benzene rings is 2. The summed E-state index contributed by atoms with van der Waals surface area (Å²) in [5, 5.41) is 0. The summed E-state index contributed by atoms with van der Waals surface area (Å²) in [6, 6.07) is 13.9. The van der Waals surface area contributed by atoms with Gasteiger partial charge in [-0.25, -0.2) is 0 Å². The van der Waals surface area contributed by atoms with Crippen LogP contribution in [0.1, 0.15) is 11.1 Å². The maximum absolute atomic E-state index is 12.3. The highest BCUT2D eigenvalue weighted by Crippen LogP contribution is 2.32. The van der Waals surface area contributed by atoms with Crippen LogP contribution in [0, 0.1) is 6.92 Å². The first-order valence-electron chi connectivity index (χ1n) is 7.44. The smallest absolute Gasteiger partial charge is 0.232 e. The van der Waals surface area contributed by atoms with E-state index in [4.69, 9.17) is 9.47 Å². The van der Waals surface area contributed by atoms with Crippen LogP contribution in [-0.2, 0) is 11.3 Å². The van der Waals surface area contributed by atoms with E-state index in [1.807, 2.05) is 43.4 Å². The van der Waals surface area contributed by atoms with Crippen molar-refractivity contribution in [2.24, 2.45) is 0 Å². The molecule has 0 aliphatic carbocycles. The average Bonchev–Trinajstić information content (AvgIpc) is 3.01. The summed E-state index contributed by atoms with van der Waals surface area (Å²) in [4.78, 5) is 15.2. The van der Waals surface area contributed by atoms with E-state index >= 15 is 0 Å². The normalized spacial score (nSPS) is 12.3. The molecule has 0 saturated carbocycles. The van der Waals surface area contributed by atoms with Crippen molar-refractivity contribution in [3.05, 3.63) is 53.6 Å². The van der Waals surface area contributed by atoms with Crippen molar-refractivity contribution in [1.82, 2.24) is 4.90 Å². The Morgan fingerprint density at radius 2 is 1.96 bits per heavy atom. The molecule has 1 amide bonds. The van der Waals surface area contributed by atoms with Crippen molar-refractivity contribution in [2.75, 3.05) is 19.6 Å². The van der Waals surface area contributed by atoms with Crippen molar-refractivity contribution in [1.29, 1.82) is 0 Å². The van der Waals surface area contributed by atoms with Gasteiger partial charge in [-0.15, -0.1) is 11.8 Å². The van der Waals surface area contributed by atoms with Crippen LogP contribution < -0.4 is 9.47 Å². The third-order valence-electron chi connectivity index (χ3n) is 3.73. The molecule has 0 atom stereocenters. The number of hydrogen-bond acceptors (Lipinski definition) is 4.